The highest BCUT2D eigenvalue weighted by atomic mass is 16.5. The lowest BCUT2D eigenvalue weighted by Crippen LogP contribution is -2.39. The quantitative estimate of drug-likeness (QED) is 0.820. The molecule has 0 aliphatic carbocycles. The number of fused-ring (bicyclic) bond motifs is 2. The van der Waals surface area contributed by atoms with Crippen LogP contribution in [0.2, 0.25) is 0 Å². The Morgan fingerprint density at radius 3 is 2.55 bits per heavy atom. The highest BCUT2D eigenvalue weighted by Gasteiger charge is 2.53. The number of nitrogens with one attached hydrogen (secondary N) is 1. The van der Waals surface area contributed by atoms with E-state index in [9.17, 15) is 14.7 Å². The van der Waals surface area contributed by atoms with Gasteiger partial charge in [-0.1, -0.05) is 24.3 Å². The van der Waals surface area contributed by atoms with Gasteiger partial charge in [-0.2, -0.15) is 0 Å². The number of carbonyl (C=O) groups excluding carboxylic acids is 1. The lowest BCUT2D eigenvalue weighted by atomic mass is 9.82. The van der Waals surface area contributed by atoms with E-state index < -0.39 is 30.0 Å². The predicted octanol–water partition coefficient (Wildman–Crippen LogP) is 1.59. The minimum atomic E-state index is -0.994. The molecule has 2 bridgehead atoms. The third-order valence-electron chi connectivity index (χ3n) is 3.77. The number of carboxylic acid groups (broad SMARTS) is 1. The Kier molecular flexibility index (Phi) is 3.06. The molecular weight excluding hydrogens is 258 g/mol. The van der Waals surface area contributed by atoms with Crippen molar-refractivity contribution in [2.45, 2.75) is 19.1 Å². The molecular formula is C15H15NO4. The molecule has 0 unspecified atom stereocenters. The topological polar surface area (TPSA) is 75.6 Å². The zero-order valence-electron chi connectivity index (χ0n) is 10.9. The number of carbonyl (C=O) groups is 2. The van der Waals surface area contributed by atoms with E-state index in [1.54, 1.807) is 18.2 Å². The van der Waals surface area contributed by atoms with E-state index in [-0.39, 0.29) is 5.91 Å². The maximum Gasteiger partial charge on any atom is 0.310 e. The number of amides is 1. The number of benzene rings is 1. The summed E-state index contributed by atoms with van der Waals surface area (Å²) in [6, 6.07) is 7.40. The second-order valence-corrected chi connectivity index (χ2v) is 5.20. The smallest absolute Gasteiger partial charge is 0.310 e. The van der Waals surface area contributed by atoms with Gasteiger partial charge in [0.25, 0.3) is 0 Å². The van der Waals surface area contributed by atoms with Crippen molar-refractivity contribution < 1.29 is 19.4 Å². The van der Waals surface area contributed by atoms with Crippen molar-refractivity contribution in [1.29, 1.82) is 0 Å². The van der Waals surface area contributed by atoms with Crippen molar-refractivity contribution in [3.63, 3.8) is 0 Å². The molecule has 1 fully saturated rings. The standard InChI is InChI=1S/C15H15NO4/c1-8-3-2-4-9(7-8)16-14(17)12-10-5-6-11(20-10)13(12)15(18)19/h2-7,10-13H,1H3,(H,16,17)(H,18,19)/t10-,11+,12+,13-/m0/s1. The van der Waals surface area contributed by atoms with Crippen LogP contribution in [0.4, 0.5) is 5.69 Å². The second kappa shape index (κ2) is 4.76. The van der Waals surface area contributed by atoms with Crippen LogP contribution in [-0.2, 0) is 14.3 Å². The maximum absolute atomic E-state index is 12.3. The fourth-order valence-electron chi connectivity index (χ4n) is 2.86. The number of aliphatic carboxylic acids is 1. The van der Waals surface area contributed by atoms with E-state index in [0.29, 0.717) is 5.69 Å². The lowest BCUT2D eigenvalue weighted by Gasteiger charge is -2.21. The summed E-state index contributed by atoms with van der Waals surface area (Å²) in [5.74, 6) is -2.79. The number of anilines is 1. The average Bonchev–Trinajstić information content (AvgIpc) is 2.98. The lowest BCUT2D eigenvalue weighted by molar-refractivity contribution is -0.145. The molecule has 1 saturated heterocycles. The van der Waals surface area contributed by atoms with Crippen LogP contribution in [0.5, 0.6) is 0 Å². The van der Waals surface area contributed by atoms with Crippen LogP contribution in [0.1, 0.15) is 5.56 Å². The first-order chi connectivity index (χ1) is 9.56. The third-order valence-corrected chi connectivity index (χ3v) is 3.77. The molecule has 1 aromatic carbocycles. The van der Waals surface area contributed by atoms with Gasteiger partial charge in [-0.05, 0) is 24.6 Å². The van der Waals surface area contributed by atoms with Gasteiger partial charge < -0.3 is 15.2 Å². The number of ether oxygens (including phenoxy) is 1. The predicted molar refractivity (Wildman–Crippen MR) is 72.2 cm³/mol. The number of hydrogen-bond donors (Lipinski definition) is 2. The molecule has 3 rings (SSSR count). The van der Waals surface area contributed by atoms with Gasteiger partial charge in [0.1, 0.15) is 5.92 Å². The van der Waals surface area contributed by atoms with Crippen LogP contribution in [0, 0.1) is 18.8 Å². The summed E-state index contributed by atoms with van der Waals surface area (Å²) < 4.78 is 5.49. The van der Waals surface area contributed by atoms with Crippen molar-refractivity contribution in [1.82, 2.24) is 0 Å². The van der Waals surface area contributed by atoms with Crippen LogP contribution < -0.4 is 5.32 Å². The molecule has 2 N–H and O–H groups in total. The van der Waals surface area contributed by atoms with E-state index in [4.69, 9.17) is 4.74 Å². The van der Waals surface area contributed by atoms with Crippen LogP contribution in [-0.4, -0.2) is 29.2 Å². The van der Waals surface area contributed by atoms with Gasteiger partial charge >= 0.3 is 5.97 Å². The van der Waals surface area contributed by atoms with Gasteiger partial charge in [0, 0.05) is 5.69 Å². The average molecular weight is 273 g/mol. The number of aryl methyl sites for hydroxylation is 1. The van der Waals surface area contributed by atoms with Crippen LogP contribution in [0.25, 0.3) is 0 Å². The molecule has 1 amide bonds. The monoisotopic (exact) mass is 273 g/mol. The van der Waals surface area contributed by atoms with Crippen molar-refractivity contribution in [3.8, 4) is 0 Å². The first kappa shape index (κ1) is 12.9. The maximum atomic E-state index is 12.3. The zero-order valence-corrected chi connectivity index (χ0v) is 10.9. The Labute approximate surface area is 116 Å². The van der Waals surface area contributed by atoms with Crippen molar-refractivity contribution in [3.05, 3.63) is 42.0 Å². The first-order valence-corrected chi connectivity index (χ1v) is 6.50. The third kappa shape index (κ3) is 2.10. The Balaban J connectivity index is 1.80. The van der Waals surface area contributed by atoms with Crippen LogP contribution >= 0.6 is 0 Å². The van der Waals surface area contributed by atoms with Gasteiger partial charge in [-0.25, -0.2) is 0 Å². The molecule has 4 atom stereocenters. The van der Waals surface area contributed by atoms with E-state index in [1.807, 2.05) is 25.1 Å². The summed E-state index contributed by atoms with van der Waals surface area (Å²) in [5.41, 5.74) is 1.70. The molecule has 0 saturated carbocycles. The summed E-state index contributed by atoms with van der Waals surface area (Å²) in [6.45, 7) is 1.93. The van der Waals surface area contributed by atoms with Crippen molar-refractivity contribution in [2.75, 3.05) is 5.32 Å². The van der Waals surface area contributed by atoms with E-state index in [2.05, 4.69) is 5.32 Å². The molecule has 2 aliphatic rings. The molecule has 0 spiro atoms. The van der Waals surface area contributed by atoms with Crippen LogP contribution in [0.3, 0.4) is 0 Å². The largest absolute Gasteiger partial charge is 0.481 e. The van der Waals surface area contributed by atoms with E-state index in [0.717, 1.165) is 5.56 Å². The Bertz CT molecular complexity index is 595. The fraction of sp³-hybridized carbons (Fsp3) is 0.333. The number of carboxylic acids is 1. The Morgan fingerprint density at radius 1 is 1.20 bits per heavy atom. The SMILES string of the molecule is Cc1cccc(NC(=O)[C@H]2[C@@H](C(=O)O)[C@H]3C=C[C@@H]2O3)c1. The molecule has 20 heavy (non-hydrogen) atoms. The van der Waals surface area contributed by atoms with Crippen molar-refractivity contribution >= 4 is 17.6 Å². The molecule has 5 heteroatoms. The van der Waals surface area contributed by atoms with Gasteiger partial charge in [0.05, 0.1) is 18.1 Å². The van der Waals surface area contributed by atoms with Gasteiger partial charge in [-0.3, -0.25) is 9.59 Å². The molecule has 0 aromatic heterocycles. The highest BCUT2D eigenvalue weighted by Crippen LogP contribution is 2.39. The molecule has 1 aromatic rings. The Morgan fingerprint density at radius 2 is 1.90 bits per heavy atom. The normalized spacial score (nSPS) is 30.4. The van der Waals surface area contributed by atoms with Gasteiger partial charge in [0.2, 0.25) is 5.91 Å². The molecule has 0 radical (unpaired) electrons. The minimum Gasteiger partial charge on any atom is -0.481 e. The second-order valence-electron chi connectivity index (χ2n) is 5.20. The highest BCUT2D eigenvalue weighted by molar-refractivity contribution is 5.96. The molecule has 2 heterocycles. The van der Waals surface area contributed by atoms with Gasteiger partial charge in [-0.15, -0.1) is 0 Å². The number of rotatable bonds is 3. The molecule has 5 nitrogen and oxygen atoms in total. The van der Waals surface area contributed by atoms with Crippen LogP contribution in [0.15, 0.2) is 36.4 Å². The minimum absolute atomic E-state index is 0.306. The molecule has 2 aliphatic heterocycles. The zero-order chi connectivity index (χ0) is 14.3. The van der Waals surface area contributed by atoms with E-state index >= 15 is 0 Å². The van der Waals surface area contributed by atoms with E-state index in [1.165, 1.54) is 0 Å². The molecule has 104 valence electrons. The Hall–Kier alpha value is -2.14. The summed E-state index contributed by atoms with van der Waals surface area (Å²) in [6.07, 6.45) is 2.56. The first-order valence-electron chi connectivity index (χ1n) is 6.50. The summed E-state index contributed by atoms with van der Waals surface area (Å²) >= 11 is 0. The van der Waals surface area contributed by atoms with Gasteiger partial charge in [0.15, 0.2) is 0 Å². The summed E-state index contributed by atoms with van der Waals surface area (Å²) in [5, 5.41) is 12.0. The fourth-order valence-corrected chi connectivity index (χ4v) is 2.86. The number of hydrogen-bond acceptors (Lipinski definition) is 3. The summed E-state index contributed by atoms with van der Waals surface area (Å²) in [7, 11) is 0. The van der Waals surface area contributed by atoms with Crippen molar-refractivity contribution in [2.24, 2.45) is 11.8 Å². The summed E-state index contributed by atoms with van der Waals surface area (Å²) in [4.78, 5) is 23.7.